The molecule has 192 valence electrons. The number of halogens is 1. The first-order valence-electron chi connectivity index (χ1n) is 11.6. The van der Waals surface area contributed by atoms with Crippen molar-refractivity contribution in [1.82, 2.24) is 9.88 Å². The highest BCUT2D eigenvalue weighted by Crippen LogP contribution is 2.39. The van der Waals surface area contributed by atoms with Crippen molar-refractivity contribution >= 4 is 27.3 Å². The number of carbonyl (C=O) groups excluding carboxylic acids is 1. The zero-order valence-corrected chi connectivity index (χ0v) is 20.9. The minimum Gasteiger partial charge on any atom is -0.495 e. The average molecular weight is 524 g/mol. The van der Waals surface area contributed by atoms with E-state index in [1.54, 1.807) is 6.07 Å². The van der Waals surface area contributed by atoms with E-state index in [0.29, 0.717) is 12.3 Å². The van der Waals surface area contributed by atoms with Crippen molar-refractivity contribution in [3.05, 3.63) is 89.5 Å². The Morgan fingerprint density at radius 1 is 1.19 bits per heavy atom. The zero-order valence-electron chi connectivity index (χ0n) is 20.1. The van der Waals surface area contributed by atoms with Crippen LogP contribution in [0.5, 0.6) is 5.75 Å². The molecule has 1 fully saturated rings. The van der Waals surface area contributed by atoms with Crippen molar-refractivity contribution in [3.63, 3.8) is 0 Å². The maximum Gasteiger partial charge on any atom is 0.274 e. The third-order valence-electron chi connectivity index (χ3n) is 6.76. The Kier molecular flexibility index (Phi) is 6.42. The molecule has 1 unspecified atom stereocenters. The molecule has 0 radical (unpaired) electrons. The number of methoxy groups -OCH3 is 1. The van der Waals surface area contributed by atoms with Crippen LogP contribution >= 0.6 is 0 Å². The molecule has 2 aromatic carbocycles. The topological polar surface area (TPSA) is 127 Å². The fourth-order valence-electron chi connectivity index (χ4n) is 4.70. The maximum atomic E-state index is 14.8. The van der Waals surface area contributed by atoms with Crippen molar-refractivity contribution in [1.29, 1.82) is 0 Å². The summed E-state index contributed by atoms with van der Waals surface area (Å²) in [7, 11) is -2.24. The lowest BCUT2D eigenvalue weighted by Crippen LogP contribution is -2.73. The first-order valence-corrected chi connectivity index (χ1v) is 13.3. The van der Waals surface area contributed by atoms with E-state index in [9.17, 15) is 17.6 Å². The van der Waals surface area contributed by atoms with Crippen LogP contribution in [0.25, 0.3) is 0 Å². The summed E-state index contributed by atoms with van der Waals surface area (Å²) in [5.41, 5.74) is 7.77. The first-order chi connectivity index (χ1) is 17.7. The van der Waals surface area contributed by atoms with Gasteiger partial charge >= 0.3 is 0 Å². The van der Waals surface area contributed by atoms with Gasteiger partial charge in [-0.15, -0.1) is 0 Å². The number of hydrogen-bond acceptors (Lipinski definition) is 8. The Labute approximate surface area is 214 Å². The van der Waals surface area contributed by atoms with E-state index in [-0.39, 0.29) is 41.6 Å². The Bertz CT molecular complexity index is 1460. The second-order valence-corrected chi connectivity index (χ2v) is 11.6. The minimum atomic E-state index is -3.73. The van der Waals surface area contributed by atoms with Crippen LogP contribution in [0.15, 0.2) is 71.9 Å². The standard InChI is InChI=1S/C26H26FN5O4S/c1-36-19-8-10-22(29-12-19)24(33)30-18-7-9-21(27)20(11-18)23-14-37(34,35)26(25(28)31-23)15-32(16-26)13-17-5-3-2-4-6-17/h2-12,23H,13-16H2,1H3,(H2,28,31)(H,30,33). The molecule has 1 aromatic heterocycles. The van der Waals surface area contributed by atoms with Crippen molar-refractivity contribution < 1.29 is 22.3 Å². The molecule has 9 nitrogen and oxygen atoms in total. The fourth-order valence-corrected chi connectivity index (χ4v) is 6.82. The molecule has 0 bridgehead atoms. The summed E-state index contributed by atoms with van der Waals surface area (Å²) in [4.78, 5) is 23.0. The molecule has 1 spiro atoms. The fraction of sp³-hybridized carbons (Fsp3) is 0.269. The molecule has 2 aliphatic rings. The molecule has 0 saturated carbocycles. The smallest absolute Gasteiger partial charge is 0.274 e. The maximum absolute atomic E-state index is 14.8. The van der Waals surface area contributed by atoms with Crippen LogP contribution in [0.3, 0.4) is 0 Å². The molecule has 3 aromatic rings. The van der Waals surface area contributed by atoms with Crippen LogP contribution in [0.4, 0.5) is 10.1 Å². The molecule has 0 aliphatic carbocycles. The molecule has 37 heavy (non-hydrogen) atoms. The van der Waals surface area contributed by atoms with Crippen molar-refractivity contribution in [2.24, 2.45) is 10.7 Å². The van der Waals surface area contributed by atoms with Gasteiger partial charge in [0.25, 0.3) is 5.91 Å². The van der Waals surface area contributed by atoms with E-state index in [4.69, 9.17) is 10.5 Å². The summed E-state index contributed by atoms with van der Waals surface area (Å²) in [5.74, 6) is -1.02. The summed E-state index contributed by atoms with van der Waals surface area (Å²) in [6.45, 7) is 1.08. The van der Waals surface area contributed by atoms with E-state index in [2.05, 4.69) is 15.3 Å². The summed E-state index contributed by atoms with van der Waals surface area (Å²) in [6.07, 6.45) is 1.41. The second kappa shape index (κ2) is 9.56. The normalized spacial score (nSPS) is 20.1. The molecular formula is C26H26FN5O4S. The van der Waals surface area contributed by atoms with Gasteiger partial charge in [0.05, 0.1) is 25.1 Å². The molecule has 2 aliphatic heterocycles. The Balaban J connectivity index is 1.34. The van der Waals surface area contributed by atoms with Crippen LogP contribution in [0.1, 0.15) is 27.7 Å². The predicted molar refractivity (Wildman–Crippen MR) is 138 cm³/mol. The SMILES string of the molecule is COc1ccc(C(=O)Nc2ccc(F)c(C3CS(=O)(=O)C4(CN(Cc5ccccc5)C4)C(N)=N3)c2)nc1. The lowest BCUT2D eigenvalue weighted by Gasteiger charge is -2.50. The molecule has 5 rings (SSSR count). The van der Waals surface area contributed by atoms with E-state index in [0.717, 1.165) is 5.56 Å². The number of pyridine rings is 1. The Hall–Kier alpha value is -3.83. The Morgan fingerprint density at radius 3 is 2.59 bits per heavy atom. The van der Waals surface area contributed by atoms with E-state index in [1.807, 2.05) is 35.2 Å². The summed E-state index contributed by atoms with van der Waals surface area (Å²) in [5, 5.41) is 2.66. The van der Waals surface area contributed by atoms with Gasteiger partial charge in [-0.05, 0) is 35.9 Å². The molecule has 3 N–H and O–H groups in total. The summed E-state index contributed by atoms with van der Waals surface area (Å²) < 4.78 is 45.4. The minimum absolute atomic E-state index is 0.00988. The molecule has 11 heteroatoms. The second-order valence-electron chi connectivity index (χ2n) is 9.21. The molecule has 1 atom stereocenters. The van der Waals surface area contributed by atoms with E-state index < -0.39 is 32.4 Å². The number of nitrogens with zero attached hydrogens (tertiary/aromatic N) is 3. The number of hydrogen-bond donors (Lipinski definition) is 2. The van der Waals surface area contributed by atoms with E-state index >= 15 is 0 Å². The number of anilines is 1. The number of rotatable bonds is 6. The van der Waals surface area contributed by atoms with Gasteiger partial charge in [0, 0.05) is 30.9 Å². The van der Waals surface area contributed by atoms with Gasteiger partial charge in [0.15, 0.2) is 14.6 Å². The number of aromatic nitrogens is 1. The Morgan fingerprint density at radius 2 is 1.95 bits per heavy atom. The van der Waals surface area contributed by atoms with Crippen molar-refractivity contribution in [2.45, 2.75) is 17.3 Å². The van der Waals surface area contributed by atoms with Gasteiger partial charge in [0.2, 0.25) is 0 Å². The molecular weight excluding hydrogens is 497 g/mol. The largest absolute Gasteiger partial charge is 0.495 e. The third kappa shape index (κ3) is 4.67. The number of ether oxygens (including phenoxy) is 1. The van der Waals surface area contributed by atoms with Crippen molar-refractivity contribution in [2.75, 3.05) is 31.3 Å². The zero-order chi connectivity index (χ0) is 26.2. The third-order valence-corrected chi connectivity index (χ3v) is 9.17. The number of benzene rings is 2. The quantitative estimate of drug-likeness (QED) is 0.508. The highest BCUT2D eigenvalue weighted by atomic mass is 32.2. The number of amides is 1. The number of likely N-dealkylation sites (tertiary alicyclic amines) is 1. The lowest BCUT2D eigenvalue weighted by molar-refractivity contribution is 0.102. The van der Waals surface area contributed by atoms with Crippen LogP contribution in [-0.2, 0) is 16.4 Å². The van der Waals surface area contributed by atoms with E-state index in [1.165, 1.54) is 37.6 Å². The van der Waals surface area contributed by atoms with Crippen LogP contribution in [-0.4, -0.2) is 60.7 Å². The summed E-state index contributed by atoms with van der Waals surface area (Å²) in [6, 6.07) is 15.8. The number of nitrogens with two attached hydrogens (primary N) is 1. The molecule has 1 amide bonds. The van der Waals surface area contributed by atoms with Crippen molar-refractivity contribution in [3.8, 4) is 5.75 Å². The van der Waals surface area contributed by atoms with Gasteiger partial charge in [-0.1, -0.05) is 30.3 Å². The average Bonchev–Trinajstić information content (AvgIpc) is 2.86. The number of sulfone groups is 1. The highest BCUT2D eigenvalue weighted by Gasteiger charge is 2.58. The summed E-state index contributed by atoms with van der Waals surface area (Å²) >= 11 is 0. The predicted octanol–water partition coefficient (Wildman–Crippen LogP) is 2.56. The number of carbonyl (C=O) groups is 1. The van der Waals surface area contributed by atoms with Crippen LogP contribution < -0.4 is 15.8 Å². The monoisotopic (exact) mass is 523 g/mol. The molecule has 3 heterocycles. The number of nitrogens with one attached hydrogen (secondary N) is 1. The highest BCUT2D eigenvalue weighted by molar-refractivity contribution is 7.93. The lowest BCUT2D eigenvalue weighted by atomic mass is 9.95. The van der Waals surface area contributed by atoms with Crippen LogP contribution in [0.2, 0.25) is 0 Å². The van der Waals surface area contributed by atoms with Crippen LogP contribution in [0, 0.1) is 5.82 Å². The van der Waals surface area contributed by atoms with Gasteiger partial charge in [-0.2, -0.15) is 0 Å². The van der Waals surface area contributed by atoms with Gasteiger partial charge in [-0.3, -0.25) is 14.7 Å². The first kappa shape index (κ1) is 24.8. The number of aliphatic imine (C=N–C) groups is 1. The molecule has 1 saturated heterocycles. The van der Waals surface area contributed by atoms with Gasteiger partial charge in [-0.25, -0.2) is 17.8 Å². The van der Waals surface area contributed by atoms with Gasteiger partial charge < -0.3 is 15.8 Å². The van der Waals surface area contributed by atoms with Gasteiger partial charge in [0.1, 0.15) is 23.1 Å². The number of amidine groups is 1.